The number of benzene rings is 1. The molecule has 2 aromatic rings. The number of likely N-dealkylation sites (tertiary alicyclic amines) is 1. The summed E-state index contributed by atoms with van der Waals surface area (Å²) in [7, 11) is 1.70. The van der Waals surface area contributed by atoms with Crippen molar-refractivity contribution in [3.63, 3.8) is 0 Å². The summed E-state index contributed by atoms with van der Waals surface area (Å²) in [5.41, 5.74) is 1.30. The summed E-state index contributed by atoms with van der Waals surface area (Å²) in [5.74, 6) is 3.69. The number of fused-ring (bicyclic) bond motifs is 1. The first-order chi connectivity index (χ1) is 15.3. The van der Waals surface area contributed by atoms with Gasteiger partial charge in [-0.25, -0.2) is 0 Å². The van der Waals surface area contributed by atoms with Gasteiger partial charge in [-0.15, -0.1) is 0 Å². The summed E-state index contributed by atoms with van der Waals surface area (Å²) >= 11 is 0. The Labute approximate surface area is 184 Å². The van der Waals surface area contributed by atoms with E-state index < -0.39 is 0 Å². The molecule has 1 atom stereocenters. The van der Waals surface area contributed by atoms with E-state index >= 15 is 0 Å². The van der Waals surface area contributed by atoms with Gasteiger partial charge in [-0.2, -0.15) is 0 Å². The molecule has 1 aromatic carbocycles. The third kappa shape index (κ3) is 5.06. The number of hydrogen-bond acceptors (Lipinski definition) is 7. The number of rotatable bonds is 7. The summed E-state index contributed by atoms with van der Waals surface area (Å²) in [6.07, 6.45) is 2.56. The first-order valence-electron chi connectivity index (χ1n) is 11.4. The van der Waals surface area contributed by atoms with Gasteiger partial charge in [-0.1, -0.05) is 6.07 Å². The highest BCUT2D eigenvalue weighted by Crippen LogP contribution is 2.33. The minimum atomic E-state index is 0.337. The zero-order valence-electron chi connectivity index (χ0n) is 18.4. The summed E-state index contributed by atoms with van der Waals surface area (Å²) in [4.78, 5) is 7.79. The van der Waals surface area contributed by atoms with Gasteiger partial charge in [-0.05, 0) is 49.2 Å². The molecule has 0 amide bonds. The van der Waals surface area contributed by atoms with E-state index in [1.165, 1.54) is 18.4 Å². The summed E-state index contributed by atoms with van der Waals surface area (Å²) in [5, 5.41) is 0. The monoisotopic (exact) mass is 427 g/mol. The third-order valence-electron chi connectivity index (χ3n) is 6.63. The number of methoxy groups -OCH3 is 1. The number of piperidine rings is 1. The van der Waals surface area contributed by atoms with Crippen molar-refractivity contribution in [2.24, 2.45) is 0 Å². The summed E-state index contributed by atoms with van der Waals surface area (Å²) in [6.45, 7) is 9.54. The van der Waals surface area contributed by atoms with E-state index in [1.54, 1.807) is 7.11 Å². The fourth-order valence-corrected chi connectivity index (χ4v) is 5.00. The molecule has 0 saturated carbocycles. The molecule has 1 aromatic heterocycles. The van der Waals surface area contributed by atoms with Crippen molar-refractivity contribution in [2.75, 3.05) is 53.2 Å². The zero-order chi connectivity index (χ0) is 21.0. The average molecular weight is 428 g/mol. The molecule has 3 aliphatic heterocycles. The molecule has 168 valence electrons. The number of furan rings is 1. The third-order valence-corrected chi connectivity index (χ3v) is 6.63. The highest BCUT2D eigenvalue weighted by Gasteiger charge is 2.28. The van der Waals surface area contributed by atoms with Crippen LogP contribution >= 0.6 is 0 Å². The highest BCUT2D eigenvalue weighted by atomic mass is 16.7. The van der Waals surface area contributed by atoms with Gasteiger partial charge in [0.1, 0.15) is 18.1 Å². The summed E-state index contributed by atoms with van der Waals surface area (Å²) < 4.78 is 22.0. The van der Waals surface area contributed by atoms with Crippen LogP contribution in [0.4, 0.5) is 0 Å². The van der Waals surface area contributed by atoms with Crippen molar-refractivity contribution < 1.29 is 18.6 Å². The maximum absolute atomic E-state index is 5.90. The van der Waals surface area contributed by atoms with Gasteiger partial charge in [0.05, 0.1) is 6.54 Å². The normalized spacial score (nSPS) is 22.8. The average Bonchev–Trinajstić information content (AvgIpc) is 3.44. The Morgan fingerprint density at radius 2 is 1.74 bits per heavy atom. The van der Waals surface area contributed by atoms with Gasteiger partial charge >= 0.3 is 0 Å². The lowest BCUT2D eigenvalue weighted by atomic mass is 10.0. The second-order valence-electron chi connectivity index (χ2n) is 8.83. The Morgan fingerprint density at radius 3 is 2.61 bits per heavy atom. The zero-order valence-corrected chi connectivity index (χ0v) is 18.4. The number of hydrogen-bond donors (Lipinski definition) is 0. The minimum Gasteiger partial charge on any atom is -0.462 e. The van der Waals surface area contributed by atoms with Crippen molar-refractivity contribution in [3.05, 3.63) is 47.4 Å². The molecule has 4 heterocycles. The van der Waals surface area contributed by atoms with E-state index in [-0.39, 0.29) is 0 Å². The van der Waals surface area contributed by atoms with Crippen LogP contribution in [0.3, 0.4) is 0 Å². The fourth-order valence-electron chi connectivity index (χ4n) is 5.00. The molecule has 2 fully saturated rings. The largest absolute Gasteiger partial charge is 0.462 e. The molecule has 0 spiro atoms. The van der Waals surface area contributed by atoms with Gasteiger partial charge in [0, 0.05) is 52.4 Å². The minimum absolute atomic E-state index is 0.337. The topological polar surface area (TPSA) is 50.6 Å². The maximum Gasteiger partial charge on any atom is 0.231 e. The number of ether oxygens (including phenoxy) is 3. The molecule has 0 bridgehead atoms. The fraction of sp³-hybridized carbons (Fsp3) is 0.583. The van der Waals surface area contributed by atoms with Crippen LogP contribution in [-0.2, 0) is 24.4 Å². The second kappa shape index (κ2) is 9.61. The van der Waals surface area contributed by atoms with Crippen LogP contribution in [0.2, 0.25) is 0 Å². The van der Waals surface area contributed by atoms with E-state index in [0.717, 1.165) is 75.4 Å². The molecule has 1 unspecified atom stereocenters. The molecular weight excluding hydrogens is 394 g/mol. The Balaban J connectivity index is 1.10. The first kappa shape index (κ1) is 20.8. The molecule has 2 saturated heterocycles. The lowest BCUT2D eigenvalue weighted by Gasteiger charge is -2.43. The summed E-state index contributed by atoms with van der Waals surface area (Å²) in [6, 6.07) is 11.1. The van der Waals surface area contributed by atoms with Gasteiger partial charge in [0.25, 0.3) is 0 Å². The predicted octanol–water partition coefficient (Wildman–Crippen LogP) is 2.94. The van der Waals surface area contributed by atoms with Crippen LogP contribution in [0.5, 0.6) is 11.5 Å². The molecule has 0 aliphatic carbocycles. The lowest BCUT2D eigenvalue weighted by Crippen LogP contribution is -2.54. The molecule has 7 heteroatoms. The van der Waals surface area contributed by atoms with Crippen LogP contribution in [0, 0.1) is 0 Å². The Morgan fingerprint density at radius 1 is 0.903 bits per heavy atom. The standard InChI is InChI=1S/C24H33N3O4/c1-28-17-22-6-5-21(31-22)16-26-8-2-3-20(15-26)27-11-9-25(10-12-27)14-19-4-7-23-24(13-19)30-18-29-23/h4-7,13,20H,2-3,8-12,14-18H2,1H3. The van der Waals surface area contributed by atoms with Crippen LogP contribution in [-0.4, -0.2) is 73.9 Å². The van der Waals surface area contributed by atoms with E-state index in [4.69, 9.17) is 18.6 Å². The second-order valence-corrected chi connectivity index (χ2v) is 8.83. The molecule has 0 N–H and O–H groups in total. The SMILES string of the molecule is COCc1ccc(CN2CCCC(N3CCN(Cc4ccc5c(c4)OCO5)CC3)C2)o1. The van der Waals surface area contributed by atoms with Crippen LogP contribution in [0.15, 0.2) is 34.7 Å². The lowest BCUT2D eigenvalue weighted by molar-refractivity contribution is 0.0455. The van der Waals surface area contributed by atoms with Gasteiger partial charge < -0.3 is 18.6 Å². The van der Waals surface area contributed by atoms with Crippen LogP contribution < -0.4 is 9.47 Å². The molecule has 31 heavy (non-hydrogen) atoms. The smallest absolute Gasteiger partial charge is 0.231 e. The van der Waals surface area contributed by atoms with E-state index in [2.05, 4.69) is 32.9 Å². The van der Waals surface area contributed by atoms with Crippen molar-refractivity contribution in [2.45, 2.75) is 38.6 Å². The number of nitrogens with zero attached hydrogens (tertiary/aromatic N) is 3. The highest BCUT2D eigenvalue weighted by molar-refractivity contribution is 5.44. The van der Waals surface area contributed by atoms with Crippen molar-refractivity contribution in [1.29, 1.82) is 0 Å². The van der Waals surface area contributed by atoms with Gasteiger partial charge in [0.2, 0.25) is 6.79 Å². The predicted molar refractivity (Wildman–Crippen MR) is 117 cm³/mol. The molecule has 3 aliphatic rings. The quantitative estimate of drug-likeness (QED) is 0.673. The maximum atomic E-state index is 5.90. The van der Waals surface area contributed by atoms with Crippen LogP contribution in [0.25, 0.3) is 0 Å². The van der Waals surface area contributed by atoms with Gasteiger partial charge in [0.15, 0.2) is 11.5 Å². The number of piperazine rings is 1. The van der Waals surface area contributed by atoms with Crippen molar-refractivity contribution in [1.82, 2.24) is 14.7 Å². The Kier molecular flexibility index (Phi) is 6.45. The first-order valence-corrected chi connectivity index (χ1v) is 11.4. The Bertz CT molecular complexity index is 862. The van der Waals surface area contributed by atoms with E-state index in [0.29, 0.717) is 19.4 Å². The van der Waals surface area contributed by atoms with E-state index in [9.17, 15) is 0 Å². The molecular formula is C24H33N3O4. The van der Waals surface area contributed by atoms with Crippen molar-refractivity contribution >= 4 is 0 Å². The van der Waals surface area contributed by atoms with E-state index in [1.807, 2.05) is 12.1 Å². The van der Waals surface area contributed by atoms with Crippen LogP contribution in [0.1, 0.15) is 29.9 Å². The molecule has 0 radical (unpaired) electrons. The molecule has 7 nitrogen and oxygen atoms in total. The van der Waals surface area contributed by atoms with Crippen molar-refractivity contribution in [3.8, 4) is 11.5 Å². The molecule has 5 rings (SSSR count). The Hall–Kier alpha value is -2.06. The van der Waals surface area contributed by atoms with Gasteiger partial charge in [-0.3, -0.25) is 14.7 Å².